The second-order valence-corrected chi connectivity index (χ2v) is 6.70. The molecule has 0 aliphatic carbocycles. The lowest BCUT2D eigenvalue weighted by Crippen LogP contribution is -2.26. The number of nitrogens with zero attached hydrogens (tertiary/aromatic N) is 2. The summed E-state index contributed by atoms with van der Waals surface area (Å²) in [5, 5.41) is 0.0126. The van der Waals surface area contributed by atoms with Crippen molar-refractivity contribution < 1.29 is 19.1 Å². The van der Waals surface area contributed by atoms with Crippen LogP contribution in [-0.2, 0) is 14.3 Å². The third kappa shape index (κ3) is 2.94. The Hall–Kier alpha value is -2.02. The van der Waals surface area contributed by atoms with E-state index in [1.807, 2.05) is 24.3 Å². The van der Waals surface area contributed by atoms with Crippen LogP contribution >= 0.6 is 11.8 Å². The average Bonchev–Trinajstić information content (AvgIpc) is 3.04. The fourth-order valence-corrected chi connectivity index (χ4v) is 3.61. The van der Waals surface area contributed by atoms with Crippen LogP contribution in [0.3, 0.4) is 0 Å². The predicted octanol–water partition coefficient (Wildman–Crippen LogP) is 2.03. The fourth-order valence-electron chi connectivity index (χ4n) is 2.69. The van der Waals surface area contributed by atoms with Crippen LogP contribution in [0, 0.1) is 0 Å². The third-order valence-electron chi connectivity index (χ3n) is 3.64. The molecule has 2 aliphatic heterocycles. The zero-order chi connectivity index (χ0) is 15.7. The summed E-state index contributed by atoms with van der Waals surface area (Å²) in [5.41, 5.74) is 1.46. The molecule has 6 nitrogen and oxygen atoms in total. The molecule has 116 valence electrons. The van der Waals surface area contributed by atoms with E-state index in [4.69, 9.17) is 4.74 Å². The molecule has 22 heavy (non-hydrogen) atoms. The highest BCUT2D eigenvalue weighted by atomic mass is 32.2. The molecule has 2 fully saturated rings. The number of hydrogen-bond donors (Lipinski definition) is 0. The van der Waals surface area contributed by atoms with E-state index in [2.05, 4.69) is 0 Å². The summed E-state index contributed by atoms with van der Waals surface area (Å²) in [4.78, 5) is 38.2. The van der Waals surface area contributed by atoms with Crippen molar-refractivity contribution in [3.8, 4) is 0 Å². The van der Waals surface area contributed by atoms with Crippen LogP contribution in [0.2, 0.25) is 0 Å². The van der Waals surface area contributed by atoms with Crippen LogP contribution < -0.4 is 9.80 Å². The smallest absolute Gasteiger partial charge is 0.414 e. The number of ether oxygens (including phenoxy) is 1. The summed E-state index contributed by atoms with van der Waals surface area (Å²) in [6, 6.07) is 7.28. The van der Waals surface area contributed by atoms with Gasteiger partial charge in [-0.25, -0.2) is 4.79 Å². The molecule has 2 saturated heterocycles. The first-order valence-corrected chi connectivity index (χ1v) is 7.94. The van der Waals surface area contributed by atoms with Gasteiger partial charge >= 0.3 is 6.09 Å². The molecule has 1 atom stereocenters. The number of cyclic esters (lactones) is 1. The van der Waals surface area contributed by atoms with Crippen molar-refractivity contribution in [1.82, 2.24) is 0 Å². The summed E-state index contributed by atoms with van der Waals surface area (Å²) in [7, 11) is 0. The zero-order valence-electron chi connectivity index (χ0n) is 12.2. The molecule has 0 radical (unpaired) electrons. The van der Waals surface area contributed by atoms with Crippen LogP contribution in [0.4, 0.5) is 16.2 Å². The maximum Gasteiger partial charge on any atom is 0.414 e. The van der Waals surface area contributed by atoms with Gasteiger partial charge in [0.05, 0.1) is 6.54 Å². The minimum Gasteiger partial charge on any atom is -0.447 e. The Morgan fingerprint density at radius 2 is 2.00 bits per heavy atom. The van der Waals surface area contributed by atoms with E-state index in [1.165, 1.54) is 18.7 Å². The van der Waals surface area contributed by atoms with E-state index in [0.29, 0.717) is 26.1 Å². The lowest BCUT2D eigenvalue weighted by atomic mass is 10.2. The van der Waals surface area contributed by atoms with Crippen molar-refractivity contribution >= 4 is 40.3 Å². The van der Waals surface area contributed by atoms with E-state index in [0.717, 1.165) is 11.4 Å². The van der Waals surface area contributed by atoms with Crippen molar-refractivity contribution in [2.24, 2.45) is 0 Å². The maximum absolute atomic E-state index is 12.2. The molecule has 3 rings (SSSR count). The van der Waals surface area contributed by atoms with Gasteiger partial charge in [0.1, 0.15) is 6.61 Å². The number of thioether (sulfide) groups is 1. The van der Waals surface area contributed by atoms with E-state index in [1.54, 1.807) is 9.80 Å². The number of carbonyl (C=O) groups excluding carboxylic acids is 3. The first-order chi connectivity index (χ1) is 10.5. The van der Waals surface area contributed by atoms with Gasteiger partial charge in [0.2, 0.25) is 5.91 Å². The second-order valence-electron chi connectivity index (χ2n) is 5.23. The Kier molecular flexibility index (Phi) is 4.06. The minimum absolute atomic E-state index is 0.0000940. The van der Waals surface area contributed by atoms with Gasteiger partial charge in [-0.15, -0.1) is 0 Å². The van der Waals surface area contributed by atoms with Crippen LogP contribution in [0.5, 0.6) is 0 Å². The molecule has 0 N–H and O–H groups in total. The first kappa shape index (κ1) is 14.9. The average molecular weight is 320 g/mol. The number of anilines is 2. The van der Waals surface area contributed by atoms with Gasteiger partial charge in [0.25, 0.3) is 0 Å². The third-order valence-corrected chi connectivity index (χ3v) is 4.62. The largest absolute Gasteiger partial charge is 0.447 e. The van der Waals surface area contributed by atoms with E-state index in [-0.39, 0.29) is 22.4 Å². The number of benzene rings is 1. The SMILES string of the molecule is CC(=O)SC1CC(=O)N(c2cccc(N3CCOC3=O)c2)C1. The fraction of sp³-hybridized carbons (Fsp3) is 0.400. The Morgan fingerprint density at radius 3 is 2.64 bits per heavy atom. The lowest BCUT2D eigenvalue weighted by molar-refractivity contribution is -0.117. The van der Waals surface area contributed by atoms with Crippen LogP contribution in [0.25, 0.3) is 0 Å². The second kappa shape index (κ2) is 6.00. The van der Waals surface area contributed by atoms with Crippen molar-refractivity contribution in [2.45, 2.75) is 18.6 Å². The van der Waals surface area contributed by atoms with Crippen molar-refractivity contribution in [2.75, 3.05) is 29.5 Å². The molecule has 2 amide bonds. The minimum atomic E-state index is -0.366. The Balaban J connectivity index is 1.79. The monoisotopic (exact) mass is 320 g/mol. The van der Waals surface area contributed by atoms with Crippen LogP contribution in [0.15, 0.2) is 24.3 Å². The van der Waals surface area contributed by atoms with Gasteiger partial charge < -0.3 is 9.64 Å². The van der Waals surface area contributed by atoms with Crippen molar-refractivity contribution in [3.63, 3.8) is 0 Å². The Bertz CT molecular complexity index is 634. The van der Waals surface area contributed by atoms with Crippen molar-refractivity contribution in [3.05, 3.63) is 24.3 Å². The molecule has 2 aliphatic rings. The molecule has 1 aromatic rings. The molecule has 1 aromatic carbocycles. The molecule has 0 bridgehead atoms. The summed E-state index contributed by atoms with van der Waals surface area (Å²) in [6.07, 6.45) is -0.00448. The number of carbonyl (C=O) groups is 3. The maximum atomic E-state index is 12.2. The highest BCUT2D eigenvalue weighted by Gasteiger charge is 2.32. The molecule has 1 unspecified atom stereocenters. The van der Waals surface area contributed by atoms with E-state index in [9.17, 15) is 14.4 Å². The predicted molar refractivity (Wildman–Crippen MR) is 84.2 cm³/mol. The summed E-state index contributed by atoms with van der Waals surface area (Å²) in [6.45, 7) is 2.91. The number of amides is 2. The molecule has 0 spiro atoms. The quantitative estimate of drug-likeness (QED) is 0.852. The highest BCUT2D eigenvalue weighted by molar-refractivity contribution is 8.14. The van der Waals surface area contributed by atoms with Crippen LogP contribution in [0.1, 0.15) is 13.3 Å². The van der Waals surface area contributed by atoms with Gasteiger partial charge in [-0.3, -0.25) is 14.5 Å². The summed E-state index contributed by atoms with van der Waals surface area (Å²) < 4.78 is 4.93. The van der Waals surface area contributed by atoms with Gasteiger partial charge in [0, 0.05) is 36.5 Å². The van der Waals surface area contributed by atoms with Gasteiger partial charge in [0.15, 0.2) is 5.12 Å². The molecule has 2 heterocycles. The molecule has 0 saturated carbocycles. The molecular weight excluding hydrogens is 304 g/mol. The first-order valence-electron chi connectivity index (χ1n) is 7.06. The van der Waals surface area contributed by atoms with Crippen LogP contribution in [-0.4, -0.2) is 42.1 Å². The summed E-state index contributed by atoms with van der Waals surface area (Å²) >= 11 is 1.21. The van der Waals surface area contributed by atoms with Gasteiger partial charge in [-0.2, -0.15) is 0 Å². The highest BCUT2D eigenvalue weighted by Crippen LogP contribution is 2.31. The normalized spacial score (nSPS) is 21.4. The van der Waals surface area contributed by atoms with Crippen molar-refractivity contribution in [1.29, 1.82) is 0 Å². The standard InChI is InChI=1S/C15H16N2O4S/c1-10(18)22-13-8-14(19)17(9-13)12-4-2-3-11(7-12)16-5-6-21-15(16)20/h2-4,7,13H,5-6,8-9H2,1H3. The summed E-state index contributed by atoms with van der Waals surface area (Å²) in [5.74, 6) is -0.0000940. The van der Waals surface area contributed by atoms with E-state index < -0.39 is 0 Å². The molecule has 7 heteroatoms. The Labute approximate surface area is 132 Å². The lowest BCUT2D eigenvalue weighted by Gasteiger charge is -2.19. The molecule has 0 aromatic heterocycles. The molecular formula is C15H16N2O4S. The number of rotatable bonds is 3. The Morgan fingerprint density at radius 1 is 1.27 bits per heavy atom. The topological polar surface area (TPSA) is 66.9 Å². The number of hydrogen-bond acceptors (Lipinski definition) is 5. The van der Waals surface area contributed by atoms with Gasteiger partial charge in [-0.05, 0) is 18.2 Å². The zero-order valence-corrected chi connectivity index (χ0v) is 13.0. The van der Waals surface area contributed by atoms with Gasteiger partial charge in [-0.1, -0.05) is 17.8 Å². The van der Waals surface area contributed by atoms with E-state index >= 15 is 0 Å².